The summed E-state index contributed by atoms with van der Waals surface area (Å²) in [4.78, 5) is 26.2. The van der Waals surface area contributed by atoms with Gasteiger partial charge in [0.05, 0.1) is 6.26 Å². The summed E-state index contributed by atoms with van der Waals surface area (Å²) in [6.45, 7) is 1.38. The fourth-order valence-electron chi connectivity index (χ4n) is 2.91. The van der Waals surface area contributed by atoms with Crippen LogP contribution in [0.25, 0.3) is 0 Å². The Balaban J connectivity index is 1.52. The third-order valence-corrected chi connectivity index (χ3v) is 4.36. The molecule has 0 unspecified atom stereocenters. The maximum absolute atomic E-state index is 12.3. The number of furan rings is 1. The molecule has 26 heavy (non-hydrogen) atoms. The maximum atomic E-state index is 12.3. The second-order valence-electron chi connectivity index (χ2n) is 6.25. The van der Waals surface area contributed by atoms with E-state index in [1.165, 1.54) is 6.26 Å². The number of carbonyl (C=O) groups excluding carboxylic acids is 2. The lowest BCUT2D eigenvalue weighted by Gasteiger charge is -2.19. The number of carbonyl (C=O) groups is 2. The minimum Gasteiger partial charge on any atom is -0.489 e. The zero-order valence-electron chi connectivity index (χ0n) is 14.7. The van der Waals surface area contributed by atoms with Crippen LogP contribution in [0.4, 0.5) is 0 Å². The number of amides is 1. The lowest BCUT2D eigenvalue weighted by molar-refractivity contribution is -0.134. The summed E-state index contributed by atoms with van der Waals surface area (Å²) >= 11 is 0. The molecule has 0 bridgehead atoms. The third-order valence-electron chi connectivity index (χ3n) is 4.36. The van der Waals surface area contributed by atoms with Crippen molar-refractivity contribution < 1.29 is 23.5 Å². The van der Waals surface area contributed by atoms with Crippen molar-refractivity contribution in [2.24, 2.45) is 0 Å². The van der Waals surface area contributed by atoms with Crippen molar-refractivity contribution in [1.29, 1.82) is 0 Å². The van der Waals surface area contributed by atoms with Crippen LogP contribution >= 0.6 is 0 Å². The SMILES string of the molecule is O=C(OCC(=O)N1CCCCCC1)c1occc1COc1ccccc1. The van der Waals surface area contributed by atoms with Crippen molar-refractivity contribution in [2.45, 2.75) is 32.3 Å². The first-order chi connectivity index (χ1) is 12.7. The molecular weight excluding hydrogens is 334 g/mol. The highest BCUT2D eigenvalue weighted by Gasteiger charge is 2.21. The Kier molecular flexibility index (Phi) is 6.30. The average Bonchev–Trinajstić information content (AvgIpc) is 2.97. The molecule has 1 amide bonds. The van der Waals surface area contributed by atoms with E-state index in [1.54, 1.807) is 11.0 Å². The molecule has 6 nitrogen and oxygen atoms in total. The normalized spacial score (nSPS) is 14.5. The molecule has 0 N–H and O–H groups in total. The monoisotopic (exact) mass is 357 g/mol. The molecule has 3 rings (SSSR count). The quantitative estimate of drug-likeness (QED) is 0.741. The molecule has 138 valence electrons. The van der Waals surface area contributed by atoms with E-state index in [0.717, 1.165) is 38.8 Å². The predicted molar refractivity (Wildman–Crippen MR) is 94.8 cm³/mol. The topological polar surface area (TPSA) is 69.0 Å². The van der Waals surface area contributed by atoms with E-state index in [-0.39, 0.29) is 24.9 Å². The zero-order chi connectivity index (χ0) is 18.2. The van der Waals surface area contributed by atoms with Crippen LogP contribution in [0, 0.1) is 0 Å². The van der Waals surface area contributed by atoms with Gasteiger partial charge in [-0.15, -0.1) is 0 Å². The van der Waals surface area contributed by atoms with E-state index in [2.05, 4.69) is 0 Å². The Morgan fingerprint density at radius 1 is 1.00 bits per heavy atom. The van der Waals surface area contributed by atoms with Crippen LogP contribution in [-0.2, 0) is 16.1 Å². The predicted octanol–water partition coefficient (Wildman–Crippen LogP) is 3.42. The first-order valence-electron chi connectivity index (χ1n) is 8.93. The Morgan fingerprint density at radius 2 is 1.73 bits per heavy atom. The molecular formula is C20H23NO5. The highest BCUT2D eigenvalue weighted by molar-refractivity contribution is 5.90. The fraction of sp³-hybridized carbons (Fsp3) is 0.400. The number of hydrogen-bond donors (Lipinski definition) is 0. The van der Waals surface area contributed by atoms with Gasteiger partial charge < -0.3 is 18.8 Å². The van der Waals surface area contributed by atoms with Gasteiger partial charge in [0.15, 0.2) is 6.61 Å². The molecule has 1 fully saturated rings. The molecule has 1 aromatic carbocycles. The van der Waals surface area contributed by atoms with Gasteiger partial charge in [0.2, 0.25) is 5.76 Å². The van der Waals surface area contributed by atoms with E-state index in [4.69, 9.17) is 13.9 Å². The number of benzene rings is 1. The number of nitrogens with zero attached hydrogens (tertiary/aromatic N) is 1. The first-order valence-corrected chi connectivity index (χ1v) is 8.93. The molecule has 0 atom stereocenters. The van der Waals surface area contributed by atoms with Crippen molar-refractivity contribution >= 4 is 11.9 Å². The minimum absolute atomic E-state index is 0.0737. The Bertz CT molecular complexity index is 717. The first kappa shape index (κ1) is 18.0. The largest absolute Gasteiger partial charge is 0.489 e. The van der Waals surface area contributed by atoms with Gasteiger partial charge in [-0.2, -0.15) is 0 Å². The standard InChI is InChI=1S/C20H23NO5/c22-18(21-11-6-1-2-7-12-21)15-26-20(23)19-16(10-13-24-19)14-25-17-8-4-3-5-9-17/h3-5,8-10,13H,1-2,6-7,11-12,14-15H2. The van der Waals surface area contributed by atoms with Crippen LogP contribution in [0.15, 0.2) is 47.1 Å². The lowest BCUT2D eigenvalue weighted by atomic mass is 10.2. The van der Waals surface area contributed by atoms with Gasteiger partial charge in [0.25, 0.3) is 5.91 Å². The number of hydrogen-bond acceptors (Lipinski definition) is 5. The minimum atomic E-state index is -0.648. The lowest BCUT2D eigenvalue weighted by Crippen LogP contribution is -2.35. The van der Waals surface area contributed by atoms with E-state index in [1.807, 2.05) is 30.3 Å². The van der Waals surface area contributed by atoms with E-state index in [0.29, 0.717) is 11.3 Å². The number of likely N-dealkylation sites (tertiary alicyclic amines) is 1. The van der Waals surface area contributed by atoms with Gasteiger partial charge in [0.1, 0.15) is 12.4 Å². The molecule has 1 saturated heterocycles. The number of esters is 1. The van der Waals surface area contributed by atoms with Gasteiger partial charge in [-0.05, 0) is 31.0 Å². The summed E-state index contributed by atoms with van der Waals surface area (Å²) in [7, 11) is 0. The van der Waals surface area contributed by atoms with Crippen molar-refractivity contribution in [3.05, 3.63) is 54.0 Å². The number of ether oxygens (including phenoxy) is 2. The molecule has 1 aromatic heterocycles. The van der Waals surface area contributed by atoms with Crippen LogP contribution in [0.5, 0.6) is 5.75 Å². The number of rotatable bonds is 6. The van der Waals surface area contributed by atoms with Crippen LogP contribution in [0.3, 0.4) is 0 Å². The molecule has 0 aliphatic carbocycles. The summed E-state index contributed by atoms with van der Waals surface area (Å²) < 4.78 is 16.0. The molecule has 1 aliphatic rings. The molecule has 0 saturated carbocycles. The smallest absolute Gasteiger partial charge is 0.375 e. The summed E-state index contributed by atoms with van der Waals surface area (Å²) in [5.74, 6) is -0.0346. The van der Waals surface area contributed by atoms with Gasteiger partial charge in [-0.1, -0.05) is 31.0 Å². The van der Waals surface area contributed by atoms with Crippen molar-refractivity contribution in [3.8, 4) is 5.75 Å². The number of para-hydroxylation sites is 1. The Labute approximate surface area is 152 Å². The van der Waals surface area contributed by atoms with Crippen molar-refractivity contribution in [1.82, 2.24) is 4.90 Å². The van der Waals surface area contributed by atoms with E-state index >= 15 is 0 Å². The third kappa shape index (κ3) is 4.88. The molecule has 0 spiro atoms. The maximum Gasteiger partial charge on any atom is 0.375 e. The van der Waals surface area contributed by atoms with E-state index in [9.17, 15) is 9.59 Å². The van der Waals surface area contributed by atoms with Crippen LogP contribution < -0.4 is 4.74 Å². The Morgan fingerprint density at radius 3 is 2.46 bits per heavy atom. The molecule has 1 aliphatic heterocycles. The Hall–Kier alpha value is -2.76. The van der Waals surface area contributed by atoms with Gasteiger partial charge in [0, 0.05) is 18.7 Å². The zero-order valence-corrected chi connectivity index (χ0v) is 14.7. The van der Waals surface area contributed by atoms with Gasteiger partial charge in [-0.3, -0.25) is 4.79 Å². The molecule has 2 aromatic rings. The highest BCUT2D eigenvalue weighted by Crippen LogP contribution is 2.17. The van der Waals surface area contributed by atoms with Crippen LogP contribution in [0.1, 0.15) is 41.8 Å². The van der Waals surface area contributed by atoms with Crippen LogP contribution in [0.2, 0.25) is 0 Å². The summed E-state index contributed by atoms with van der Waals surface area (Å²) in [6, 6.07) is 11.0. The van der Waals surface area contributed by atoms with E-state index < -0.39 is 5.97 Å². The summed E-state index contributed by atoms with van der Waals surface area (Å²) in [5, 5.41) is 0. The summed E-state index contributed by atoms with van der Waals surface area (Å²) in [5.41, 5.74) is 0.584. The summed E-state index contributed by atoms with van der Waals surface area (Å²) in [6.07, 6.45) is 5.69. The molecule has 2 heterocycles. The van der Waals surface area contributed by atoms with Crippen LogP contribution in [-0.4, -0.2) is 36.5 Å². The van der Waals surface area contributed by atoms with Crippen molar-refractivity contribution in [3.63, 3.8) is 0 Å². The highest BCUT2D eigenvalue weighted by atomic mass is 16.5. The van der Waals surface area contributed by atoms with Gasteiger partial charge in [-0.25, -0.2) is 4.79 Å². The fourth-order valence-corrected chi connectivity index (χ4v) is 2.91. The average molecular weight is 357 g/mol. The van der Waals surface area contributed by atoms with Crippen molar-refractivity contribution in [2.75, 3.05) is 19.7 Å². The molecule has 0 radical (unpaired) electrons. The second kappa shape index (κ2) is 9.08. The molecule has 6 heteroatoms. The second-order valence-corrected chi connectivity index (χ2v) is 6.25. The van der Waals surface area contributed by atoms with Gasteiger partial charge >= 0.3 is 5.97 Å².